The summed E-state index contributed by atoms with van der Waals surface area (Å²) >= 11 is 0. The molecule has 22 heavy (non-hydrogen) atoms. The van der Waals surface area contributed by atoms with Gasteiger partial charge in [0.25, 0.3) is 5.91 Å². The molecule has 5 heteroatoms. The van der Waals surface area contributed by atoms with Gasteiger partial charge in [0.15, 0.2) is 6.61 Å². The summed E-state index contributed by atoms with van der Waals surface area (Å²) < 4.78 is 5.01. The number of hydrogen-bond donors (Lipinski definition) is 1. The molecule has 0 saturated carbocycles. The number of fused-ring (bicyclic) bond motifs is 1. The molecule has 5 nitrogen and oxygen atoms in total. The van der Waals surface area contributed by atoms with Gasteiger partial charge in [-0.1, -0.05) is 24.3 Å². The third-order valence-corrected chi connectivity index (χ3v) is 3.53. The van der Waals surface area contributed by atoms with Crippen LogP contribution in [0.1, 0.15) is 24.2 Å². The zero-order valence-corrected chi connectivity index (χ0v) is 12.7. The maximum absolute atomic E-state index is 12.1. The molecule has 0 unspecified atom stereocenters. The number of rotatable bonds is 5. The Labute approximate surface area is 129 Å². The van der Waals surface area contributed by atoms with E-state index in [1.54, 1.807) is 11.0 Å². The number of aromatic hydroxyl groups is 1. The summed E-state index contributed by atoms with van der Waals surface area (Å²) in [6.07, 6.45) is 0. The first-order valence-corrected chi connectivity index (χ1v) is 7.23. The van der Waals surface area contributed by atoms with E-state index >= 15 is 0 Å². The quantitative estimate of drug-likeness (QED) is 0.862. The zero-order chi connectivity index (χ0) is 16.1. The average Bonchev–Trinajstić information content (AvgIpc) is 2.53. The number of benzene rings is 2. The van der Waals surface area contributed by atoms with Crippen molar-refractivity contribution in [2.24, 2.45) is 0 Å². The first kappa shape index (κ1) is 15.8. The minimum absolute atomic E-state index is 0.0612. The lowest BCUT2D eigenvalue weighted by atomic mass is 10.1. The fourth-order valence-corrected chi connectivity index (χ4v) is 2.26. The Morgan fingerprint density at radius 2 is 1.68 bits per heavy atom. The van der Waals surface area contributed by atoms with Crippen molar-refractivity contribution in [1.82, 2.24) is 4.90 Å². The highest BCUT2D eigenvalue weighted by atomic mass is 16.5. The van der Waals surface area contributed by atoms with Gasteiger partial charge in [0.05, 0.1) is 0 Å². The number of ether oxygens (including phenoxy) is 1. The summed E-state index contributed by atoms with van der Waals surface area (Å²) in [5, 5.41) is 11.6. The second kappa shape index (κ2) is 6.93. The maximum Gasteiger partial charge on any atom is 0.342 e. The third kappa shape index (κ3) is 3.36. The predicted octanol–water partition coefficient (Wildman–Crippen LogP) is 2.57. The number of likely N-dealkylation sites (N-methyl/N-ethyl adjacent to an activating group) is 1. The summed E-state index contributed by atoms with van der Waals surface area (Å²) in [5.74, 6) is -1.11. The van der Waals surface area contributed by atoms with Crippen molar-refractivity contribution in [3.8, 4) is 5.75 Å². The molecule has 0 aliphatic heterocycles. The summed E-state index contributed by atoms with van der Waals surface area (Å²) in [6.45, 7) is 4.52. The van der Waals surface area contributed by atoms with Crippen LogP contribution in [0.2, 0.25) is 0 Å². The van der Waals surface area contributed by atoms with Gasteiger partial charge in [0.1, 0.15) is 11.3 Å². The van der Waals surface area contributed by atoms with Gasteiger partial charge in [0, 0.05) is 13.1 Å². The molecule has 2 aromatic carbocycles. The molecule has 0 radical (unpaired) electrons. The molecule has 0 aromatic heterocycles. The molecule has 116 valence electrons. The zero-order valence-electron chi connectivity index (χ0n) is 12.7. The molecule has 0 spiro atoms. The summed E-state index contributed by atoms with van der Waals surface area (Å²) in [7, 11) is 0. The molecule has 0 aliphatic carbocycles. The Hall–Kier alpha value is -2.56. The number of carbonyl (C=O) groups excluding carboxylic acids is 2. The standard InChI is InChI=1S/C17H19NO4/c1-3-18(4-2)16(20)11-22-17(21)14-9-12-7-5-6-8-13(12)10-15(14)19/h5-10,19H,3-4,11H2,1-2H3. The van der Waals surface area contributed by atoms with Gasteiger partial charge in [-0.2, -0.15) is 0 Å². The number of hydrogen-bond acceptors (Lipinski definition) is 4. The van der Waals surface area contributed by atoms with Gasteiger partial charge >= 0.3 is 5.97 Å². The van der Waals surface area contributed by atoms with Gasteiger partial charge in [-0.25, -0.2) is 4.79 Å². The Morgan fingerprint density at radius 1 is 1.09 bits per heavy atom. The van der Waals surface area contributed by atoms with E-state index < -0.39 is 5.97 Å². The number of esters is 1. The van der Waals surface area contributed by atoms with Crippen LogP contribution >= 0.6 is 0 Å². The molecule has 0 atom stereocenters. The topological polar surface area (TPSA) is 66.8 Å². The van der Waals surface area contributed by atoms with Crippen LogP contribution in [0.15, 0.2) is 36.4 Å². The van der Waals surface area contributed by atoms with Crippen LogP contribution in [0.4, 0.5) is 0 Å². The Balaban J connectivity index is 2.13. The number of amides is 1. The van der Waals surface area contributed by atoms with Crippen LogP contribution in [0.3, 0.4) is 0 Å². The fourth-order valence-electron chi connectivity index (χ4n) is 2.26. The molecular formula is C17H19NO4. The van der Waals surface area contributed by atoms with Gasteiger partial charge in [-0.05, 0) is 36.8 Å². The highest BCUT2D eigenvalue weighted by molar-refractivity contribution is 5.99. The molecule has 1 amide bonds. The summed E-state index contributed by atoms with van der Waals surface area (Å²) in [5.41, 5.74) is 0.0612. The van der Waals surface area contributed by atoms with Crippen molar-refractivity contribution in [3.05, 3.63) is 42.0 Å². The Morgan fingerprint density at radius 3 is 2.27 bits per heavy atom. The van der Waals surface area contributed by atoms with E-state index in [1.807, 2.05) is 38.1 Å². The molecule has 2 aromatic rings. The van der Waals surface area contributed by atoms with Crippen molar-refractivity contribution in [2.45, 2.75) is 13.8 Å². The monoisotopic (exact) mass is 301 g/mol. The van der Waals surface area contributed by atoms with Crippen molar-refractivity contribution in [3.63, 3.8) is 0 Å². The minimum atomic E-state index is -0.705. The third-order valence-electron chi connectivity index (χ3n) is 3.53. The van der Waals surface area contributed by atoms with E-state index in [2.05, 4.69) is 0 Å². The molecular weight excluding hydrogens is 282 g/mol. The largest absolute Gasteiger partial charge is 0.507 e. The van der Waals surface area contributed by atoms with Crippen LogP contribution in [-0.4, -0.2) is 41.6 Å². The van der Waals surface area contributed by atoms with Crippen LogP contribution in [0.25, 0.3) is 10.8 Å². The average molecular weight is 301 g/mol. The second-order valence-electron chi connectivity index (χ2n) is 4.86. The molecule has 0 aliphatic rings. The summed E-state index contributed by atoms with van der Waals surface area (Å²) in [4.78, 5) is 25.5. The van der Waals surface area contributed by atoms with E-state index in [-0.39, 0.29) is 23.8 Å². The number of carbonyl (C=O) groups is 2. The SMILES string of the molecule is CCN(CC)C(=O)COC(=O)c1cc2ccccc2cc1O. The van der Waals surface area contributed by atoms with Gasteiger partial charge < -0.3 is 14.7 Å². The Bertz CT molecular complexity index is 692. The van der Waals surface area contributed by atoms with E-state index in [1.165, 1.54) is 6.07 Å². The second-order valence-corrected chi connectivity index (χ2v) is 4.86. The van der Waals surface area contributed by atoms with Crippen LogP contribution in [-0.2, 0) is 9.53 Å². The highest BCUT2D eigenvalue weighted by Gasteiger charge is 2.17. The maximum atomic E-state index is 12.1. The van der Waals surface area contributed by atoms with E-state index in [0.29, 0.717) is 13.1 Å². The van der Waals surface area contributed by atoms with Gasteiger partial charge in [0.2, 0.25) is 0 Å². The lowest BCUT2D eigenvalue weighted by Crippen LogP contribution is -2.34. The number of nitrogens with zero attached hydrogens (tertiary/aromatic N) is 1. The first-order valence-electron chi connectivity index (χ1n) is 7.23. The number of phenols is 1. The van der Waals surface area contributed by atoms with Crippen molar-refractivity contribution >= 4 is 22.6 Å². The van der Waals surface area contributed by atoms with Crippen molar-refractivity contribution < 1.29 is 19.4 Å². The molecule has 2 rings (SSSR count). The van der Waals surface area contributed by atoms with Gasteiger partial charge in [-0.3, -0.25) is 4.79 Å². The predicted molar refractivity (Wildman–Crippen MR) is 83.8 cm³/mol. The van der Waals surface area contributed by atoms with Crippen molar-refractivity contribution in [2.75, 3.05) is 19.7 Å². The first-order chi connectivity index (χ1) is 10.6. The lowest BCUT2D eigenvalue weighted by Gasteiger charge is -2.18. The van der Waals surface area contributed by atoms with Gasteiger partial charge in [-0.15, -0.1) is 0 Å². The lowest BCUT2D eigenvalue weighted by molar-refractivity contribution is -0.134. The van der Waals surface area contributed by atoms with Crippen molar-refractivity contribution in [1.29, 1.82) is 0 Å². The summed E-state index contributed by atoms with van der Waals surface area (Å²) in [6, 6.07) is 10.5. The Kier molecular flexibility index (Phi) is 4.99. The van der Waals surface area contributed by atoms with E-state index in [0.717, 1.165) is 10.8 Å². The normalized spacial score (nSPS) is 10.5. The smallest absolute Gasteiger partial charge is 0.342 e. The fraction of sp³-hybridized carbons (Fsp3) is 0.294. The van der Waals surface area contributed by atoms with E-state index in [9.17, 15) is 14.7 Å². The number of phenolic OH excluding ortho intramolecular Hbond substituents is 1. The van der Waals surface area contributed by atoms with E-state index in [4.69, 9.17) is 4.74 Å². The molecule has 0 saturated heterocycles. The molecule has 1 N–H and O–H groups in total. The van der Waals surface area contributed by atoms with Crippen LogP contribution < -0.4 is 0 Å². The van der Waals surface area contributed by atoms with Crippen LogP contribution in [0.5, 0.6) is 5.75 Å². The molecule has 0 bridgehead atoms. The van der Waals surface area contributed by atoms with Crippen LogP contribution in [0, 0.1) is 0 Å². The molecule has 0 fully saturated rings. The molecule has 0 heterocycles. The minimum Gasteiger partial charge on any atom is -0.507 e. The highest BCUT2D eigenvalue weighted by Crippen LogP contribution is 2.25.